The molecular formula is C19H16ClN5O2S. The zero-order chi connectivity index (χ0) is 20.0. The van der Waals surface area contributed by atoms with Crippen LogP contribution in [0.4, 0.5) is 0 Å². The predicted molar refractivity (Wildman–Crippen MR) is 113 cm³/mol. The van der Waals surface area contributed by atoms with E-state index in [4.69, 9.17) is 21.7 Å². The summed E-state index contributed by atoms with van der Waals surface area (Å²) in [6, 6.07) is 7.36. The van der Waals surface area contributed by atoms with Crippen LogP contribution in [0.2, 0.25) is 5.02 Å². The monoisotopic (exact) mass is 413 g/mol. The molecule has 9 heteroatoms. The minimum Gasteiger partial charge on any atom is -0.495 e. The summed E-state index contributed by atoms with van der Waals surface area (Å²) in [5.74, 6) is 0.255. The largest absolute Gasteiger partial charge is 0.495 e. The van der Waals surface area contributed by atoms with Gasteiger partial charge in [-0.2, -0.15) is 15.1 Å². The molecule has 2 aliphatic rings. The van der Waals surface area contributed by atoms with Crippen LogP contribution in [0, 0.1) is 19.3 Å². The van der Waals surface area contributed by atoms with E-state index in [-0.39, 0.29) is 11.4 Å². The summed E-state index contributed by atoms with van der Waals surface area (Å²) in [5, 5.41) is 14.8. The second-order valence-electron chi connectivity index (χ2n) is 6.23. The van der Waals surface area contributed by atoms with Crippen LogP contribution in [0.25, 0.3) is 11.8 Å². The smallest absolute Gasteiger partial charge is 0.283 e. The van der Waals surface area contributed by atoms with Crippen LogP contribution in [0.5, 0.6) is 5.75 Å². The third-order valence-electron chi connectivity index (χ3n) is 4.55. The summed E-state index contributed by atoms with van der Waals surface area (Å²) < 4.78 is 7.49. The molecule has 1 amide bonds. The van der Waals surface area contributed by atoms with Crippen molar-refractivity contribution in [3.8, 4) is 11.4 Å². The lowest BCUT2D eigenvalue weighted by molar-refractivity contribution is -0.114. The first-order valence-corrected chi connectivity index (χ1v) is 9.62. The van der Waals surface area contributed by atoms with E-state index in [1.54, 1.807) is 24.8 Å². The van der Waals surface area contributed by atoms with Crippen molar-refractivity contribution in [3.63, 3.8) is 0 Å². The number of fused-ring (bicyclic) bond motifs is 1. The van der Waals surface area contributed by atoms with Crippen molar-refractivity contribution in [1.29, 1.82) is 5.41 Å². The number of carbonyl (C=O) groups is 1. The van der Waals surface area contributed by atoms with Crippen LogP contribution in [0.15, 0.2) is 39.9 Å². The summed E-state index contributed by atoms with van der Waals surface area (Å²) in [6.45, 7) is 3.90. The zero-order valence-corrected chi connectivity index (χ0v) is 16.9. The Balaban J connectivity index is 1.82. The van der Waals surface area contributed by atoms with Gasteiger partial charge in [0.2, 0.25) is 0 Å². The fraction of sp³-hybridized carbons (Fsp3) is 0.158. The van der Waals surface area contributed by atoms with Crippen LogP contribution < -0.4 is 4.74 Å². The van der Waals surface area contributed by atoms with Gasteiger partial charge < -0.3 is 9.30 Å². The van der Waals surface area contributed by atoms with Gasteiger partial charge in [0, 0.05) is 16.4 Å². The molecule has 7 nitrogen and oxygen atoms in total. The van der Waals surface area contributed by atoms with E-state index < -0.39 is 5.91 Å². The number of nitrogens with zero attached hydrogens (tertiary/aromatic N) is 4. The first-order valence-electron chi connectivity index (χ1n) is 8.36. The van der Waals surface area contributed by atoms with Gasteiger partial charge >= 0.3 is 0 Å². The number of hydrogen-bond donors (Lipinski definition) is 1. The van der Waals surface area contributed by atoms with Gasteiger partial charge in [-0.3, -0.25) is 10.2 Å². The molecule has 0 unspecified atom stereocenters. The van der Waals surface area contributed by atoms with Crippen molar-refractivity contribution in [2.24, 2.45) is 10.1 Å². The highest BCUT2D eigenvalue weighted by molar-refractivity contribution is 8.25. The van der Waals surface area contributed by atoms with Gasteiger partial charge in [-0.1, -0.05) is 11.6 Å². The third kappa shape index (κ3) is 2.94. The van der Waals surface area contributed by atoms with Crippen LogP contribution in [0.1, 0.15) is 17.0 Å². The van der Waals surface area contributed by atoms with Gasteiger partial charge in [0.05, 0.1) is 23.9 Å². The van der Waals surface area contributed by atoms with Crippen LogP contribution in [0.3, 0.4) is 0 Å². The molecule has 4 rings (SSSR count). The number of ether oxygens (including phenoxy) is 1. The quantitative estimate of drug-likeness (QED) is 0.771. The number of carbonyl (C=O) groups excluding carboxylic acids is 1. The number of nitrogens with one attached hydrogen (secondary N) is 1. The van der Waals surface area contributed by atoms with Crippen molar-refractivity contribution in [2.45, 2.75) is 13.8 Å². The molecule has 0 saturated carbocycles. The molecule has 2 aromatic rings. The second-order valence-corrected chi connectivity index (χ2v) is 7.48. The zero-order valence-electron chi connectivity index (χ0n) is 15.4. The Kier molecular flexibility index (Phi) is 4.60. The minimum absolute atomic E-state index is 0.0152. The average Bonchev–Trinajstić information content (AvgIpc) is 3.23. The second kappa shape index (κ2) is 6.96. The number of methoxy groups -OCH3 is 1. The van der Waals surface area contributed by atoms with E-state index in [0.29, 0.717) is 15.9 Å². The van der Waals surface area contributed by atoms with Crippen molar-refractivity contribution in [3.05, 3.63) is 51.8 Å². The normalized spacial score (nSPS) is 17.4. The Morgan fingerprint density at radius 1 is 1.29 bits per heavy atom. The highest BCUT2D eigenvalue weighted by Crippen LogP contribution is 2.32. The lowest BCUT2D eigenvalue weighted by Crippen LogP contribution is -2.35. The number of aliphatic imine (C=N–C) groups is 1. The van der Waals surface area contributed by atoms with Gasteiger partial charge in [-0.15, -0.1) is 0 Å². The van der Waals surface area contributed by atoms with E-state index in [1.165, 1.54) is 16.8 Å². The number of aromatic nitrogens is 1. The maximum Gasteiger partial charge on any atom is 0.283 e. The molecule has 142 valence electrons. The van der Waals surface area contributed by atoms with E-state index in [0.717, 1.165) is 22.6 Å². The molecule has 0 bridgehead atoms. The summed E-state index contributed by atoms with van der Waals surface area (Å²) in [7, 11) is 1.61. The molecule has 0 spiro atoms. The number of rotatable bonds is 3. The Labute approximate surface area is 170 Å². The van der Waals surface area contributed by atoms with Gasteiger partial charge in [0.1, 0.15) is 5.75 Å². The molecule has 0 aliphatic carbocycles. The number of halogens is 1. The molecular weight excluding hydrogens is 398 g/mol. The van der Waals surface area contributed by atoms with Crippen molar-refractivity contribution >= 4 is 51.9 Å². The van der Waals surface area contributed by atoms with Crippen molar-refractivity contribution < 1.29 is 9.53 Å². The highest BCUT2D eigenvalue weighted by atomic mass is 35.5. The summed E-state index contributed by atoms with van der Waals surface area (Å²) >= 11 is 7.41. The number of thioether (sulfide) groups is 1. The van der Waals surface area contributed by atoms with Crippen LogP contribution in [-0.2, 0) is 4.79 Å². The number of hydrazone groups is 1. The summed E-state index contributed by atoms with van der Waals surface area (Å²) in [4.78, 5) is 16.4. The molecule has 1 aromatic carbocycles. The van der Waals surface area contributed by atoms with E-state index in [2.05, 4.69) is 10.1 Å². The Hall–Kier alpha value is -2.84. The van der Waals surface area contributed by atoms with E-state index in [1.807, 2.05) is 36.6 Å². The number of aryl methyl sites for hydroxylation is 1. The maximum absolute atomic E-state index is 12.4. The first kappa shape index (κ1) is 18.5. The lowest BCUT2D eigenvalue weighted by Gasteiger charge is -2.20. The number of amidine groups is 2. The first-order chi connectivity index (χ1) is 13.4. The van der Waals surface area contributed by atoms with Gasteiger partial charge in [0.25, 0.3) is 5.91 Å². The average molecular weight is 414 g/mol. The minimum atomic E-state index is -0.445. The topological polar surface area (TPSA) is 83.0 Å². The molecule has 0 saturated heterocycles. The molecule has 3 heterocycles. The van der Waals surface area contributed by atoms with Crippen molar-refractivity contribution in [1.82, 2.24) is 9.58 Å². The highest BCUT2D eigenvalue weighted by Gasteiger charge is 2.32. The molecule has 1 N–H and O–H groups in total. The molecule has 0 radical (unpaired) electrons. The third-order valence-corrected chi connectivity index (χ3v) is 5.46. The maximum atomic E-state index is 12.4. The predicted octanol–water partition coefficient (Wildman–Crippen LogP) is 4.01. The Morgan fingerprint density at radius 2 is 2.07 bits per heavy atom. The van der Waals surface area contributed by atoms with Gasteiger partial charge in [-0.05, 0) is 61.5 Å². The molecule has 2 aliphatic heterocycles. The van der Waals surface area contributed by atoms with Gasteiger partial charge in [-0.25, -0.2) is 0 Å². The SMILES string of the molecule is COc1ccc(Cl)cc1-n1c(C)cc(C=C2C(=N)N3N=CSC3=NC2=O)c1C. The molecule has 28 heavy (non-hydrogen) atoms. The standard InChI is InChI=1S/C19H16ClN5O2S/c1-10-6-12(7-14-17(21)25-19(23-18(14)26)28-9-22-25)11(2)24(10)15-8-13(20)4-5-16(15)27-3/h4-9,21H,1-3H3. The fourth-order valence-electron chi connectivity index (χ4n) is 3.23. The number of benzene rings is 1. The van der Waals surface area contributed by atoms with Gasteiger partial charge in [0.15, 0.2) is 11.0 Å². The lowest BCUT2D eigenvalue weighted by atomic mass is 10.1. The van der Waals surface area contributed by atoms with Crippen molar-refractivity contribution in [2.75, 3.05) is 7.11 Å². The fourth-order valence-corrected chi connectivity index (χ4v) is 4.01. The summed E-state index contributed by atoms with van der Waals surface area (Å²) in [6.07, 6.45) is 1.68. The molecule has 0 fully saturated rings. The Morgan fingerprint density at radius 3 is 2.82 bits per heavy atom. The Bertz CT molecular complexity index is 1120. The van der Waals surface area contributed by atoms with Crippen LogP contribution in [-0.4, -0.2) is 39.1 Å². The number of hydrogen-bond acceptors (Lipinski definition) is 5. The van der Waals surface area contributed by atoms with E-state index in [9.17, 15) is 4.79 Å². The molecule has 0 atom stereocenters. The number of amides is 1. The molecule has 1 aromatic heterocycles. The van der Waals surface area contributed by atoms with Crippen LogP contribution >= 0.6 is 23.4 Å². The summed E-state index contributed by atoms with van der Waals surface area (Å²) in [5.41, 5.74) is 5.20. The van der Waals surface area contributed by atoms with E-state index >= 15 is 0 Å².